The molecule has 0 saturated carbocycles. The third kappa shape index (κ3) is 4.08. The van der Waals surface area contributed by atoms with E-state index in [0.717, 1.165) is 6.42 Å². The molecule has 0 aromatic heterocycles. The molecule has 104 valence electrons. The smallest absolute Gasteiger partial charge is 0.245 e. The Labute approximate surface area is 111 Å². The van der Waals surface area contributed by atoms with E-state index in [1.54, 1.807) is 11.2 Å². The van der Waals surface area contributed by atoms with Crippen LogP contribution in [0.25, 0.3) is 0 Å². The van der Waals surface area contributed by atoms with Crippen molar-refractivity contribution >= 4 is 22.6 Å². The lowest BCUT2D eigenvalue weighted by atomic mass is 10.1. The van der Waals surface area contributed by atoms with Crippen molar-refractivity contribution in [2.75, 3.05) is 19.3 Å². The molecule has 0 radical (unpaired) electrons. The molecule has 18 heavy (non-hydrogen) atoms. The first kappa shape index (κ1) is 15.1. The second-order valence-corrected chi connectivity index (χ2v) is 6.55. The van der Waals surface area contributed by atoms with Crippen LogP contribution in [0.5, 0.6) is 0 Å². The molecular formula is C12H22N2O3S. The minimum Gasteiger partial charge on any atom is -0.344 e. The van der Waals surface area contributed by atoms with Crippen LogP contribution in [0.2, 0.25) is 0 Å². The number of hydrogen-bond donors (Lipinski definition) is 1. The fourth-order valence-corrected chi connectivity index (χ4v) is 2.37. The van der Waals surface area contributed by atoms with Crippen LogP contribution >= 0.6 is 0 Å². The Morgan fingerprint density at radius 1 is 1.50 bits per heavy atom. The van der Waals surface area contributed by atoms with E-state index in [0.29, 0.717) is 25.9 Å². The predicted octanol–water partition coefficient (Wildman–Crippen LogP) is 0.271. The molecular weight excluding hydrogens is 252 g/mol. The van der Waals surface area contributed by atoms with Crippen LogP contribution in [-0.2, 0) is 20.4 Å². The van der Waals surface area contributed by atoms with Gasteiger partial charge in [-0.1, -0.05) is 13.3 Å². The van der Waals surface area contributed by atoms with Crippen LogP contribution in [0.4, 0.5) is 0 Å². The summed E-state index contributed by atoms with van der Waals surface area (Å²) in [6, 6.07) is -0.414. The summed E-state index contributed by atoms with van der Waals surface area (Å²) >= 11 is 0. The summed E-state index contributed by atoms with van der Waals surface area (Å²) in [6.45, 7) is 4.72. The average Bonchev–Trinajstić information content (AvgIpc) is 2.43. The molecule has 2 amide bonds. The summed E-state index contributed by atoms with van der Waals surface area (Å²) in [7, 11) is -0.956. The normalized spacial score (nSPS) is 24.4. The van der Waals surface area contributed by atoms with Gasteiger partial charge in [0.15, 0.2) is 0 Å². The highest BCUT2D eigenvalue weighted by atomic mass is 32.2. The molecule has 1 heterocycles. The van der Waals surface area contributed by atoms with Gasteiger partial charge in [-0.05, 0) is 13.3 Å². The molecule has 1 fully saturated rings. The van der Waals surface area contributed by atoms with Gasteiger partial charge in [0.2, 0.25) is 11.8 Å². The van der Waals surface area contributed by atoms with Crippen LogP contribution in [0.3, 0.4) is 0 Å². The summed E-state index contributed by atoms with van der Waals surface area (Å²) in [5.41, 5.74) is 0. The molecule has 0 spiro atoms. The Morgan fingerprint density at radius 2 is 2.17 bits per heavy atom. The monoisotopic (exact) mass is 274 g/mol. The van der Waals surface area contributed by atoms with Gasteiger partial charge in [0.05, 0.1) is 0 Å². The maximum Gasteiger partial charge on any atom is 0.245 e. The second-order valence-electron chi connectivity index (χ2n) is 4.75. The Balaban J connectivity index is 2.74. The van der Waals surface area contributed by atoms with E-state index in [2.05, 4.69) is 5.32 Å². The highest BCUT2D eigenvalue weighted by Gasteiger charge is 2.30. The minimum atomic E-state index is -0.956. The number of hydrogen-bond acceptors (Lipinski definition) is 3. The van der Waals surface area contributed by atoms with E-state index in [1.807, 2.05) is 13.8 Å². The molecule has 1 aliphatic heterocycles. The number of nitrogens with zero attached hydrogens (tertiary/aromatic N) is 1. The summed E-state index contributed by atoms with van der Waals surface area (Å²) in [5, 5.41) is 2.69. The summed E-state index contributed by atoms with van der Waals surface area (Å²) in [5.74, 6) is -0.116. The van der Waals surface area contributed by atoms with E-state index < -0.39 is 16.8 Å². The van der Waals surface area contributed by atoms with E-state index in [9.17, 15) is 13.8 Å². The maximum atomic E-state index is 12.3. The average molecular weight is 274 g/mol. The zero-order chi connectivity index (χ0) is 13.7. The summed E-state index contributed by atoms with van der Waals surface area (Å²) < 4.78 is 11.4. The Kier molecular flexibility index (Phi) is 5.78. The molecule has 0 aliphatic carbocycles. The number of amides is 2. The lowest BCUT2D eigenvalue weighted by molar-refractivity contribution is -0.133. The van der Waals surface area contributed by atoms with Crippen LogP contribution in [0.15, 0.2) is 0 Å². The molecule has 1 saturated heterocycles. The number of rotatable bonds is 5. The Morgan fingerprint density at radius 3 is 2.72 bits per heavy atom. The van der Waals surface area contributed by atoms with Crippen LogP contribution < -0.4 is 5.32 Å². The molecule has 3 atom stereocenters. The van der Waals surface area contributed by atoms with E-state index >= 15 is 0 Å². The molecule has 5 nitrogen and oxygen atoms in total. The van der Waals surface area contributed by atoms with Crippen LogP contribution in [0, 0.1) is 0 Å². The zero-order valence-electron chi connectivity index (χ0n) is 11.3. The van der Waals surface area contributed by atoms with Gasteiger partial charge in [0, 0.05) is 41.8 Å². The van der Waals surface area contributed by atoms with Gasteiger partial charge < -0.3 is 10.2 Å². The number of carbonyl (C=O) groups is 2. The van der Waals surface area contributed by atoms with Gasteiger partial charge in [-0.2, -0.15) is 0 Å². The fraction of sp³-hybridized carbons (Fsp3) is 0.833. The highest BCUT2D eigenvalue weighted by molar-refractivity contribution is 7.84. The lowest BCUT2D eigenvalue weighted by Gasteiger charge is -2.25. The first-order chi connectivity index (χ1) is 8.45. The lowest BCUT2D eigenvalue weighted by Crippen LogP contribution is -2.46. The van der Waals surface area contributed by atoms with Crippen molar-refractivity contribution in [2.24, 2.45) is 0 Å². The van der Waals surface area contributed by atoms with E-state index in [4.69, 9.17) is 0 Å². The van der Waals surface area contributed by atoms with Crippen LogP contribution in [0.1, 0.15) is 33.1 Å². The predicted molar refractivity (Wildman–Crippen MR) is 71.6 cm³/mol. The highest BCUT2D eigenvalue weighted by Crippen LogP contribution is 2.10. The zero-order valence-corrected chi connectivity index (χ0v) is 12.1. The van der Waals surface area contributed by atoms with Gasteiger partial charge >= 0.3 is 0 Å². The fourth-order valence-electron chi connectivity index (χ4n) is 1.98. The SMILES string of the molecule is CCCC1NC(=O)CCN(CC(C)S(C)=O)C1=O. The molecule has 3 unspecified atom stereocenters. The van der Waals surface area contributed by atoms with Crippen molar-refractivity contribution in [3.8, 4) is 0 Å². The largest absolute Gasteiger partial charge is 0.344 e. The molecule has 0 aromatic rings. The topological polar surface area (TPSA) is 66.5 Å². The minimum absolute atomic E-state index is 0.0417. The van der Waals surface area contributed by atoms with Crippen molar-refractivity contribution in [1.29, 1.82) is 0 Å². The standard InChI is InChI=1S/C12H22N2O3S/c1-4-5-10-12(16)14(7-6-11(15)13-10)8-9(2)18(3)17/h9-10H,4-8H2,1-3H3,(H,13,15). The molecule has 1 N–H and O–H groups in total. The van der Waals surface area contributed by atoms with Crippen molar-refractivity contribution in [3.63, 3.8) is 0 Å². The molecule has 0 bridgehead atoms. The van der Waals surface area contributed by atoms with Crippen molar-refractivity contribution in [2.45, 2.75) is 44.4 Å². The maximum absolute atomic E-state index is 12.3. The van der Waals surface area contributed by atoms with E-state index in [-0.39, 0.29) is 17.1 Å². The van der Waals surface area contributed by atoms with Crippen molar-refractivity contribution < 1.29 is 13.8 Å². The number of carbonyl (C=O) groups excluding carboxylic acids is 2. The first-order valence-electron chi connectivity index (χ1n) is 6.36. The molecule has 6 heteroatoms. The summed E-state index contributed by atoms with van der Waals surface area (Å²) in [6.07, 6.45) is 3.47. The first-order valence-corrected chi connectivity index (χ1v) is 7.98. The van der Waals surface area contributed by atoms with Gasteiger partial charge in [0.25, 0.3) is 0 Å². The third-order valence-corrected chi connectivity index (χ3v) is 4.46. The van der Waals surface area contributed by atoms with E-state index in [1.165, 1.54) is 0 Å². The molecule has 1 rings (SSSR count). The van der Waals surface area contributed by atoms with Gasteiger partial charge in [-0.25, -0.2) is 0 Å². The molecule has 1 aliphatic rings. The Bertz CT molecular complexity index is 346. The summed E-state index contributed by atoms with van der Waals surface area (Å²) in [4.78, 5) is 25.5. The van der Waals surface area contributed by atoms with Crippen molar-refractivity contribution in [1.82, 2.24) is 10.2 Å². The van der Waals surface area contributed by atoms with Crippen LogP contribution in [-0.4, -0.2) is 51.6 Å². The third-order valence-electron chi connectivity index (χ3n) is 3.18. The van der Waals surface area contributed by atoms with Crippen molar-refractivity contribution in [3.05, 3.63) is 0 Å². The van der Waals surface area contributed by atoms with Gasteiger partial charge in [-0.3, -0.25) is 13.8 Å². The second kappa shape index (κ2) is 6.87. The Hall–Kier alpha value is -0.910. The number of nitrogens with one attached hydrogen (secondary N) is 1. The molecule has 0 aromatic carbocycles. The van der Waals surface area contributed by atoms with Gasteiger partial charge in [0.1, 0.15) is 6.04 Å². The van der Waals surface area contributed by atoms with Gasteiger partial charge in [-0.15, -0.1) is 0 Å². The quantitative estimate of drug-likeness (QED) is 0.782.